The summed E-state index contributed by atoms with van der Waals surface area (Å²) in [6.45, 7) is 5.25. The van der Waals surface area contributed by atoms with Crippen LogP contribution in [0.4, 0.5) is 30.7 Å². The minimum Gasteiger partial charge on any atom is -0.465 e. The van der Waals surface area contributed by atoms with Crippen LogP contribution in [0.2, 0.25) is 0 Å². The molecule has 0 aromatic heterocycles. The molecular weight excluding hydrogens is 353 g/mol. The van der Waals surface area contributed by atoms with E-state index < -0.39 is 42.1 Å². The highest BCUT2D eigenvalue weighted by molar-refractivity contribution is 8.00. The van der Waals surface area contributed by atoms with Gasteiger partial charge in [0.15, 0.2) is 0 Å². The number of halogens is 7. The third-order valence-corrected chi connectivity index (χ3v) is 3.93. The maximum atomic E-state index is 13.0. The first-order valence-corrected chi connectivity index (χ1v) is 7.88. The quantitative estimate of drug-likeness (QED) is 0.326. The van der Waals surface area contributed by atoms with Crippen molar-refractivity contribution in [3.63, 3.8) is 0 Å². The molecule has 0 radical (unpaired) electrons. The number of ether oxygens (including phenoxy) is 1. The van der Waals surface area contributed by atoms with E-state index in [0.717, 1.165) is 11.8 Å². The topological polar surface area (TPSA) is 26.3 Å². The highest BCUT2D eigenvalue weighted by Crippen LogP contribution is 2.48. The van der Waals surface area contributed by atoms with Gasteiger partial charge in [0.05, 0.1) is 11.9 Å². The van der Waals surface area contributed by atoms with E-state index >= 15 is 0 Å². The van der Waals surface area contributed by atoms with Crippen LogP contribution in [0, 0.1) is 5.92 Å². The van der Waals surface area contributed by atoms with Crippen LogP contribution in [0.3, 0.4) is 0 Å². The first-order chi connectivity index (χ1) is 10.2. The van der Waals surface area contributed by atoms with Gasteiger partial charge in [0.1, 0.15) is 0 Å². The molecule has 0 N–H and O–H groups in total. The smallest absolute Gasteiger partial charge is 0.459 e. The Morgan fingerprint density at radius 1 is 1.04 bits per heavy atom. The molecule has 0 aliphatic rings. The summed E-state index contributed by atoms with van der Waals surface area (Å²) in [6, 6.07) is 0. The molecule has 0 saturated carbocycles. The van der Waals surface area contributed by atoms with Crippen molar-refractivity contribution in [1.82, 2.24) is 0 Å². The second-order valence-electron chi connectivity index (χ2n) is 5.42. The van der Waals surface area contributed by atoms with Crippen LogP contribution in [-0.4, -0.2) is 41.6 Å². The summed E-state index contributed by atoms with van der Waals surface area (Å²) in [5, 5.41) is -0.717. The normalized spacial score (nSPS) is 14.9. The average molecular weight is 372 g/mol. The Bertz CT molecular complexity index is 383. The molecule has 1 atom stereocenters. The van der Waals surface area contributed by atoms with E-state index in [1.807, 2.05) is 13.8 Å². The molecule has 23 heavy (non-hydrogen) atoms. The number of hydrogen-bond donors (Lipinski definition) is 0. The number of alkyl halides is 7. The molecule has 10 heteroatoms. The summed E-state index contributed by atoms with van der Waals surface area (Å²) in [6.07, 6.45) is -8.52. The standard InChI is InChI=1S/C13H19F7O2S/c1-8(2)7-22-10(21)9(3)23-6-4-5-11(14,15)12(16,17)13(18,19)20/h8-9H,4-7H2,1-3H3. The summed E-state index contributed by atoms with van der Waals surface area (Å²) in [5.41, 5.74) is 0. The molecule has 0 amide bonds. The van der Waals surface area contributed by atoms with E-state index in [-0.39, 0.29) is 18.3 Å². The number of carbonyl (C=O) groups excluding carboxylic acids is 1. The van der Waals surface area contributed by atoms with Gasteiger partial charge in [0.25, 0.3) is 0 Å². The fourth-order valence-electron chi connectivity index (χ4n) is 1.35. The van der Waals surface area contributed by atoms with Crippen LogP contribution in [-0.2, 0) is 9.53 Å². The zero-order chi connectivity index (χ0) is 18.5. The van der Waals surface area contributed by atoms with E-state index in [1.165, 1.54) is 6.92 Å². The first-order valence-electron chi connectivity index (χ1n) is 6.83. The highest BCUT2D eigenvalue weighted by Gasteiger charge is 2.72. The molecule has 0 aliphatic heterocycles. The van der Waals surface area contributed by atoms with Gasteiger partial charge in [-0.15, -0.1) is 11.8 Å². The molecule has 1 unspecified atom stereocenters. The lowest BCUT2D eigenvalue weighted by Crippen LogP contribution is -2.51. The lowest BCUT2D eigenvalue weighted by Gasteiger charge is -2.28. The fourth-order valence-corrected chi connectivity index (χ4v) is 2.22. The van der Waals surface area contributed by atoms with Crippen molar-refractivity contribution in [2.24, 2.45) is 5.92 Å². The van der Waals surface area contributed by atoms with Gasteiger partial charge in [-0.1, -0.05) is 13.8 Å². The zero-order valence-electron chi connectivity index (χ0n) is 12.9. The van der Waals surface area contributed by atoms with Crippen LogP contribution >= 0.6 is 11.8 Å². The molecular formula is C13H19F7O2S. The van der Waals surface area contributed by atoms with Crippen molar-refractivity contribution in [3.05, 3.63) is 0 Å². The van der Waals surface area contributed by atoms with Gasteiger partial charge >= 0.3 is 24.0 Å². The minimum atomic E-state index is -6.31. The Labute approximate surface area is 134 Å². The number of carbonyl (C=O) groups is 1. The van der Waals surface area contributed by atoms with Gasteiger partial charge in [0.2, 0.25) is 0 Å². The SMILES string of the molecule is CC(C)COC(=O)C(C)SCCCC(F)(F)C(F)(F)C(F)(F)F. The second-order valence-corrected chi connectivity index (χ2v) is 6.87. The summed E-state index contributed by atoms with van der Waals surface area (Å²) in [4.78, 5) is 11.5. The third-order valence-electron chi connectivity index (χ3n) is 2.71. The van der Waals surface area contributed by atoms with Crippen LogP contribution in [0.5, 0.6) is 0 Å². The number of esters is 1. The largest absolute Gasteiger partial charge is 0.465 e. The molecule has 2 nitrogen and oxygen atoms in total. The lowest BCUT2D eigenvalue weighted by atomic mass is 10.1. The maximum Gasteiger partial charge on any atom is 0.459 e. The molecule has 0 saturated heterocycles. The predicted octanol–water partition coefficient (Wildman–Crippen LogP) is 4.92. The first kappa shape index (κ1) is 22.3. The molecule has 0 aliphatic carbocycles. The number of hydrogen-bond acceptors (Lipinski definition) is 3. The van der Waals surface area contributed by atoms with E-state index in [4.69, 9.17) is 4.74 Å². The van der Waals surface area contributed by atoms with Gasteiger partial charge in [-0.25, -0.2) is 0 Å². The summed E-state index contributed by atoms with van der Waals surface area (Å²) < 4.78 is 92.0. The molecule has 0 aromatic carbocycles. The summed E-state index contributed by atoms with van der Waals surface area (Å²) in [5.74, 6) is -11.9. The molecule has 0 aromatic rings. The van der Waals surface area contributed by atoms with Crippen LogP contribution in [0.15, 0.2) is 0 Å². The van der Waals surface area contributed by atoms with Crippen molar-refractivity contribution >= 4 is 17.7 Å². The monoisotopic (exact) mass is 372 g/mol. The molecule has 0 fully saturated rings. The van der Waals surface area contributed by atoms with Crippen LogP contribution in [0.1, 0.15) is 33.6 Å². The van der Waals surface area contributed by atoms with Gasteiger partial charge < -0.3 is 4.74 Å². The lowest BCUT2D eigenvalue weighted by molar-refractivity contribution is -0.355. The van der Waals surface area contributed by atoms with Crippen molar-refractivity contribution in [1.29, 1.82) is 0 Å². The maximum absolute atomic E-state index is 13.0. The van der Waals surface area contributed by atoms with Crippen molar-refractivity contribution in [2.75, 3.05) is 12.4 Å². The summed E-state index contributed by atoms with van der Waals surface area (Å²) >= 11 is 0.861. The van der Waals surface area contributed by atoms with Crippen molar-refractivity contribution in [3.8, 4) is 0 Å². The molecule has 138 valence electrons. The Morgan fingerprint density at radius 2 is 1.57 bits per heavy atom. The van der Waals surface area contributed by atoms with Gasteiger partial charge in [-0.05, 0) is 25.0 Å². The van der Waals surface area contributed by atoms with E-state index in [0.29, 0.717) is 0 Å². The van der Waals surface area contributed by atoms with Crippen molar-refractivity contribution in [2.45, 2.75) is 56.9 Å². The summed E-state index contributed by atoms with van der Waals surface area (Å²) in [7, 11) is 0. The minimum absolute atomic E-state index is 0.111. The van der Waals surface area contributed by atoms with Crippen molar-refractivity contribution < 1.29 is 40.3 Å². The molecule has 0 spiro atoms. The van der Waals surface area contributed by atoms with Crippen LogP contribution in [0.25, 0.3) is 0 Å². The highest BCUT2D eigenvalue weighted by atomic mass is 32.2. The Morgan fingerprint density at radius 3 is 2.00 bits per heavy atom. The van der Waals surface area contributed by atoms with Gasteiger partial charge in [-0.2, -0.15) is 30.7 Å². The van der Waals surface area contributed by atoms with Gasteiger partial charge in [-0.3, -0.25) is 4.79 Å². The van der Waals surface area contributed by atoms with E-state index in [1.54, 1.807) is 0 Å². The fraction of sp³-hybridized carbons (Fsp3) is 0.923. The molecule has 0 rings (SSSR count). The second kappa shape index (κ2) is 8.43. The Balaban J connectivity index is 4.28. The Kier molecular flexibility index (Phi) is 8.19. The van der Waals surface area contributed by atoms with E-state index in [9.17, 15) is 35.5 Å². The molecule has 0 bridgehead atoms. The average Bonchev–Trinajstić information content (AvgIpc) is 2.39. The van der Waals surface area contributed by atoms with Crippen LogP contribution < -0.4 is 0 Å². The third kappa shape index (κ3) is 6.76. The Hall–Kier alpha value is -0.670. The number of thioether (sulfide) groups is 1. The number of rotatable bonds is 9. The van der Waals surface area contributed by atoms with E-state index in [2.05, 4.69) is 0 Å². The zero-order valence-corrected chi connectivity index (χ0v) is 13.7. The predicted molar refractivity (Wildman–Crippen MR) is 72.9 cm³/mol. The molecule has 0 heterocycles. The van der Waals surface area contributed by atoms with Gasteiger partial charge in [0, 0.05) is 6.42 Å².